The Labute approximate surface area is 135 Å². The van der Waals surface area contributed by atoms with E-state index in [0.29, 0.717) is 6.54 Å². The molecule has 0 radical (unpaired) electrons. The molecule has 2 aromatic rings. The van der Waals surface area contributed by atoms with E-state index >= 15 is 0 Å². The van der Waals surface area contributed by atoms with Gasteiger partial charge in [-0.25, -0.2) is 5.48 Å². The van der Waals surface area contributed by atoms with Gasteiger partial charge in [-0.3, -0.25) is 14.8 Å². The van der Waals surface area contributed by atoms with Crippen molar-refractivity contribution in [1.29, 1.82) is 0 Å². The molecule has 0 spiro atoms. The summed E-state index contributed by atoms with van der Waals surface area (Å²) < 4.78 is 0. The van der Waals surface area contributed by atoms with Gasteiger partial charge in [-0.15, -0.1) is 0 Å². The van der Waals surface area contributed by atoms with Crippen molar-refractivity contribution in [1.82, 2.24) is 10.8 Å². The molecule has 23 heavy (non-hydrogen) atoms. The van der Waals surface area contributed by atoms with Gasteiger partial charge in [0.05, 0.1) is 0 Å². The summed E-state index contributed by atoms with van der Waals surface area (Å²) in [6.07, 6.45) is 0.195. The van der Waals surface area contributed by atoms with Gasteiger partial charge in [0.1, 0.15) is 5.41 Å². The Morgan fingerprint density at radius 3 is 1.96 bits per heavy atom. The first kappa shape index (κ1) is 16.7. The number of amides is 2. The van der Waals surface area contributed by atoms with Crippen LogP contribution in [-0.4, -0.2) is 17.0 Å². The van der Waals surface area contributed by atoms with E-state index in [-0.39, 0.29) is 6.42 Å². The minimum absolute atomic E-state index is 0.195. The average Bonchev–Trinajstić information content (AvgIpc) is 2.60. The zero-order chi connectivity index (χ0) is 16.7. The van der Waals surface area contributed by atoms with Crippen molar-refractivity contribution >= 4 is 11.8 Å². The van der Waals surface area contributed by atoms with Crippen LogP contribution < -0.4 is 10.8 Å². The molecule has 120 valence electrons. The molecule has 0 bridgehead atoms. The summed E-state index contributed by atoms with van der Waals surface area (Å²) in [4.78, 5) is 24.6. The van der Waals surface area contributed by atoms with Crippen LogP contribution in [-0.2, 0) is 22.6 Å². The Balaban J connectivity index is 2.13. The van der Waals surface area contributed by atoms with Crippen LogP contribution in [0.5, 0.6) is 0 Å². The number of hydroxylamine groups is 1. The smallest absolute Gasteiger partial charge is 0.259 e. The van der Waals surface area contributed by atoms with Crippen LogP contribution in [0.25, 0.3) is 0 Å². The van der Waals surface area contributed by atoms with Gasteiger partial charge >= 0.3 is 0 Å². The minimum Gasteiger partial charge on any atom is -0.351 e. The van der Waals surface area contributed by atoms with Gasteiger partial charge in [0.25, 0.3) is 5.91 Å². The fourth-order valence-electron chi connectivity index (χ4n) is 2.36. The second kappa shape index (κ2) is 7.56. The second-order valence-electron chi connectivity index (χ2n) is 5.60. The van der Waals surface area contributed by atoms with Crippen LogP contribution in [0.3, 0.4) is 0 Å². The predicted octanol–water partition coefficient (Wildman–Crippen LogP) is 2.06. The standard InChI is InChI=1S/C18H20N2O3/c1-18(17(22)20-23,12-14-8-4-2-5-9-14)16(21)19-13-15-10-6-3-7-11-15/h2-11,23H,12-13H2,1H3,(H,19,21)(H,20,22)/t18-/m1/s1. The predicted molar refractivity (Wildman–Crippen MR) is 86.5 cm³/mol. The van der Waals surface area contributed by atoms with Crippen LogP contribution in [0, 0.1) is 5.41 Å². The maximum Gasteiger partial charge on any atom is 0.259 e. The van der Waals surface area contributed by atoms with Crippen LogP contribution in [0.1, 0.15) is 18.1 Å². The lowest BCUT2D eigenvalue weighted by molar-refractivity contribution is -0.148. The number of hydrogen-bond acceptors (Lipinski definition) is 3. The highest BCUT2D eigenvalue weighted by Gasteiger charge is 2.41. The largest absolute Gasteiger partial charge is 0.351 e. The first-order valence-corrected chi connectivity index (χ1v) is 7.37. The highest BCUT2D eigenvalue weighted by atomic mass is 16.5. The Kier molecular flexibility index (Phi) is 5.49. The van der Waals surface area contributed by atoms with E-state index in [0.717, 1.165) is 11.1 Å². The first-order chi connectivity index (χ1) is 11.1. The normalized spacial score (nSPS) is 13.0. The van der Waals surface area contributed by atoms with Gasteiger partial charge in [-0.2, -0.15) is 0 Å². The summed E-state index contributed by atoms with van der Waals surface area (Å²) in [5, 5.41) is 11.8. The van der Waals surface area contributed by atoms with E-state index in [9.17, 15) is 9.59 Å². The highest BCUT2D eigenvalue weighted by Crippen LogP contribution is 2.23. The van der Waals surface area contributed by atoms with Gasteiger partial charge < -0.3 is 5.32 Å². The average molecular weight is 312 g/mol. The van der Waals surface area contributed by atoms with Crippen molar-refractivity contribution in [3.63, 3.8) is 0 Å². The Hall–Kier alpha value is -2.66. The van der Waals surface area contributed by atoms with E-state index in [1.807, 2.05) is 60.7 Å². The third-order valence-corrected chi connectivity index (χ3v) is 3.80. The molecule has 3 N–H and O–H groups in total. The number of hydrogen-bond donors (Lipinski definition) is 3. The maximum atomic E-state index is 12.6. The quantitative estimate of drug-likeness (QED) is 0.434. The number of nitrogens with one attached hydrogen (secondary N) is 2. The second-order valence-corrected chi connectivity index (χ2v) is 5.60. The van der Waals surface area contributed by atoms with Crippen molar-refractivity contribution in [2.45, 2.75) is 19.9 Å². The molecule has 0 aliphatic rings. The lowest BCUT2D eigenvalue weighted by atomic mass is 9.81. The van der Waals surface area contributed by atoms with Gasteiger partial charge in [0, 0.05) is 6.54 Å². The van der Waals surface area contributed by atoms with Crippen LogP contribution in [0.2, 0.25) is 0 Å². The van der Waals surface area contributed by atoms with Crippen molar-refractivity contribution in [3.8, 4) is 0 Å². The fraction of sp³-hybridized carbons (Fsp3) is 0.222. The molecule has 0 unspecified atom stereocenters. The molecule has 1 atom stereocenters. The SMILES string of the molecule is C[C@](Cc1ccccc1)(C(=O)NO)C(=O)NCc1ccccc1. The molecule has 2 amide bonds. The molecule has 5 heteroatoms. The van der Waals surface area contributed by atoms with Crippen molar-refractivity contribution < 1.29 is 14.8 Å². The summed E-state index contributed by atoms with van der Waals surface area (Å²) in [7, 11) is 0. The van der Waals surface area contributed by atoms with Crippen molar-refractivity contribution in [2.24, 2.45) is 5.41 Å². The van der Waals surface area contributed by atoms with E-state index in [4.69, 9.17) is 5.21 Å². The molecule has 5 nitrogen and oxygen atoms in total. The Morgan fingerprint density at radius 1 is 0.913 bits per heavy atom. The zero-order valence-electron chi connectivity index (χ0n) is 13.0. The number of carbonyl (C=O) groups is 2. The van der Waals surface area contributed by atoms with E-state index < -0.39 is 17.2 Å². The number of carbonyl (C=O) groups excluding carboxylic acids is 2. The summed E-state index contributed by atoms with van der Waals surface area (Å²) in [6.45, 7) is 1.84. The Bertz CT molecular complexity index is 658. The summed E-state index contributed by atoms with van der Waals surface area (Å²) in [6, 6.07) is 18.7. The lowest BCUT2D eigenvalue weighted by Crippen LogP contribution is -2.50. The van der Waals surface area contributed by atoms with Crippen molar-refractivity contribution in [3.05, 3.63) is 71.8 Å². The van der Waals surface area contributed by atoms with E-state index in [1.165, 1.54) is 6.92 Å². The van der Waals surface area contributed by atoms with E-state index in [2.05, 4.69) is 5.32 Å². The first-order valence-electron chi connectivity index (χ1n) is 7.37. The molecule has 0 aliphatic carbocycles. The summed E-state index contributed by atoms with van der Waals surface area (Å²) in [5.41, 5.74) is 1.99. The van der Waals surface area contributed by atoms with Gasteiger partial charge in [0.2, 0.25) is 5.91 Å². The topological polar surface area (TPSA) is 78.4 Å². The third kappa shape index (κ3) is 4.17. The van der Waals surface area contributed by atoms with Crippen molar-refractivity contribution in [2.75, 3.05) is 0 Å². The van der Waals surface area contributed by atoms with Gasteiger partial charge in [-0.1, -0.05) is 60.7 Å². The monoisotopic (exact) mass is 312 g/mol. The molecule has 0 aromatic heterocycles. The summed E-state index contributed by atoms with van der Waals surface area (Å²) >= 11 is 0. The molecule has 2 rings (SSSR count). The summed E-state index contributed by atoms with van der Waals surface area (Å²) in [5.74, 6) is -1.16. The molecule has 2 aromatic carbocycles. The molecule has 0 fully saturated rings. The maximum absolute atomic E-state index is 12.6. The van der Waals surface area contributed by atoms with Gasteiger partial charge in [-0.05, 0) is 24.5 Å². The van der Waals surface area contributed by atoms with Crippen LogP contribution in [0.4, 0.5) is 0 Å². The highest BCUT2D eigenvalue weighted by molar-refractivity contribution is 6.04. The van der Waals surface area contributed by atoms with Gasteiger partial charge in [0.15, 0.2) is 0 Å². The zero-order valence-corrected chi connectivity index (χ0v) is 13.0. The molecule has 0 aliphatic heterocycles. The fourth-order valence-corrected chi connectivity index (χ4v) is 2.36. The molecular formula is C18H20N2O3. The molecule has 0 heterocycles. The number of rotatable bonds is 6. The molecule has 0 saturated carbocycles. The number of benzene rings is 2. The lowest BCUT2D eigenvalue weighted by Gasteiger charge is -2.26. The Morgan fingerprint density at radius 2 is 1.43 bits per heavy atom. The molecule has 0 saturated heterocycles. The van der Waals surface area contributed by atoms with Crippen LogP contribution >= 0.6 is 0 Å². The van der Waals surface area contributed by atoms with E-state index in [1.54, 1.807) is 5.48 Å². The van der Waals surface area contributed by atoms with Crippen LogP contribution in [0.15, 0.2) is 60.7 Å². The third-order valence-electron chi connectivity index (χ3n) is 3.80. The minimum atomic E-state index is -1.40. The molecular weight excluding hydrogens is 292 g/mol.